The zero-order valence-electron chi connectivity index (χ0n) is 10.1. The van der Waals surface area contributed by atoms with Crippen molar-refractivity contribution >= 4 is 21.7 Å². The number of hydrogen-bond donors (Lipinski definition) is 0. The maximum Gasteiger partial charge on any atom is 0.187 e. The van der Waals surface area contributed by atoms with Crippen molar-refractivity contribution in [2.24, 2.45) is 0 Å². The molecule has 0 atom stereocenters. The first kappa shape index (κ1) is 13.0. The van der Waals surface area contributed by atoms with Gasteiger partial charge in [-0.1, -0.05) is 12.1 Å². The molecule has 0 N–H and O–H groups in total. The van der Waals surface area contributed by atoms with Crippen molar-refractivity contribution in [1.29, 1.82) is 0 Å². The van der Waals surface area contributed by atoms with Gasteiger partial charge in [0.15, 0.2) is 5.78 Å². The lowest BCUT2D eigenvalue weighted by atomic mass is 10.1. The molecule has 2 rings (SSSR count). The van der Waals surface area contributed by atoms with Crippen LogP contribution in [-0.4, -0.2) is 15.6 Å². The minimum atomic E-state index is -0.497. The van der Waals surface area contributed by atoms with Crippen LogP contribution in [0, 0.1) is 19.7 Å². The molecule has 0 amide bonds. The van der Waals surface area contributed by atoms with E-state index in [2.05, 4.69) is 21.0 Å². The Morgan fingerprint density at radius 1 is 1.39 bits per heavy atom. The molecule has 0 aliphatic carbocycles. The van der Waals surface area contributed by atoms with Gasteiger partial charge in [-0.2, -0.15) is 5.10 Å². The molecule has 0 fully saturated rings. The molecule has 3 nitrogen and oxygen atoms in total. The summed E-state index contributed by atoms with van der Waals surface area (Å²) >= 11 is 3.39. The molecular weight excluding hydrogens is 299 g/mol. The number of nitrogens with zero attached hydrogens (tertiary/aromatic N) is 2. The first-order chi connectivity index (χ1) is 8.50. The van der Waals surface area contributed by atoms with Gasteiger partial charge in [0.05, 0.1) is 21.4 Å². The summed E-state index contributed by atoms with van der Waals surface area (Å²) in [6.45, 7) is 3.75. The highest BCUT2D eigenvalue weighted by Gasteiger charge is 2.15. The first-order valence-electron chi connectivity index (χ1n) is 5.48. The second kappa shape index (κ2) is 5.02. The number of ketones is 1. The minimum Gasteiger partial charge on any atom is -0.292 e. The average Bonchev–Trinajstić information content (AvgIpc) is 2.57. The van der Waals surface area contributed by atoms with Gasteiger partial charge in [0.25, 0.3) is 0 Å². The van der Waals surface area contributed by atoms with Gasteiger partial charge < -0.3 is 0 Å². The summed E-state index contributed by atoms with van der Waals surface area (Å²) in [5.41, 5.74) is 1.77. The summed E-state index contributed by atoms with van der Waals surface area (Å²) in [5.74, 6) is -0.783. The highest BCUT2D eigenvalue weighted by Crippen LogP contribution is 2.20. The largest absolute Gasteiger partial charge is 0.292 e. The Labute approximate surface area is 113 Å². The van der Waals surface area contributed by atoms with E-state index in [1.807, 2.05) is 13.8 Å². The summed E-state index contributed by atoms with van der Waals surface area (Å²) in [6, 6.07) is 5.97. The fraction of sp³-hybridized carbons (Fsp3) is 0.231. The molecule has 1 heterocycles. The predicted molar refractivity (Wildman–Crippen MR) is 70.1 cm³/mol. The second-order valence-electron chi connectivity index (χ2n) is 4.05. The van der Waals surface area contributed by atoms with Gasteiger partial charge in [0.1, 0.15) is 12.4 Å². The van der Waals surface area contributed by atoms with E-state index in [9.17, 15) is 9.18 Å². The lowest BCUT2D eigenvalue weighted by molar-refractivity contribution is 0.0963. The van der Waals surface area contributed by atoms with Crippen molar-refractivity contribution in [1.82, 2.24) is 9.78 Å². The van der Waals surface area contributed by atoms with E-state index in [0.717, 1.165) is 15.9 Å². The topological polar surface area (TPSA) is 34.9 Å². The summed E-state index contributed by atoms with van der Waals surface area (Å²) in [5, 5.41) is 4.23. The molecule has 0 aliphatic heterocycles. The molecular formula is C13H12BrFN2O. The maximum atomic E-state index is 13.5. The second-order valence-corrected chi connectivity index (χ2v) is 4.84. The van der Waals surface area contributed by atoms with Crippen LogP contribution in [0.3, 0.4) is 0 Å². The summed E-state index contributed by atoms with van der Waals surface area (Å²) in [4.78, 5) is 12.0. The number of carbonyl (C=O) groups is 1. The van der Waals surface area contributed by atoms with Crippen LogP contribution in [0.25, 0.3) is 0 Å². The van der Waals surface area contributed by atoms with Crippen LogP contribution < -0.4 is 0 Å². The minimum absolute atomic E-state index is 0.0409. The van der Waals surface area contributed by atoms with E-state index < -0.39 is 5.82 Å². The van der Waals surface area contributed by atoms with Gasteiger partial charge >= 0.3 is 0 Å². The standard InChI is InChI=1S/C13H12BrFN2O/c1-8-13(14)9(2)17(16-8)7-12(18)10-5-3-4-6-11(10)15/h3-6H,7H2,1-2H3. The number of Topliss-reactive ketones (excluding diaryl/α,β-unsaturated/α-hetero) is 1. The SMILES string of the molecule is Cc1nn(CC(=O)c2ccccc2F)c(C)c1Br. The van der Waals surface area contributed by atoms with Crippen LogP contribution in [0.15, 0.2) is 28.7 Å². The van der Waals surface area contributed by atoms with Crippen molar-refractivity contribution in [3.05, 3.63) is 51.5 Å². The molecule has 0 saturated heterocycles. The molecule has 18 heavy (non-hydrogen) atoms. The third-order valence-corrected chi connectivity index (χ3v) is 3.91. The van der Waals surface area contributed by atoms with Crippen LogP contribution in [0.2, 0.25) is 0 Å². The quantitative estimate of drug-likeness (QED) is 0.815. The van der Waals surface area contributed by atoms with Gasteiger partial charge in [-0.25, -0.2) is 4.39 Å². The fourth-order valence-electron chi connectivity index (χ4n) is 1.74. The lowest BCUT2D eigenvalue weighted by Gasteiger charge is -2.04. The molecule has 1 aromatic carbocycles. The molecule has 0 spiro atoms. The molecule has 2 aromatic rings. The van der Waals surface area contributed by atoms with E-state index in [1.54, 1.807) is 16.8 Å². The zero-order valence-corrected chi connectivity index (χ0v) is 11.7. The number of aromatic nitrogens is 2. The van der Waals surface area contributed by atoms with Gasteiger partial charge in [-0.05, 0) is 41.9 Å². The van der Waals surface area contributed by atoms with E-state index in [4.69, 9.17) is 0 Å². The Hall–Kier alpha value is -1.49. The van der Waals surface area contributed by atoms with E-state index in [-0.39, 0.29) is 17.9 Å². The van der Waals surface area contributed by atoms with E-state index >= 15 is 0 Å². The Bertz CT molecular complexity index is 607. The third-order valence-electron chi connectivity index (χ3n) is 2.76. The van der Waals surface area contributed by atoms with Crippen LogP contribution in [0.4, 0.5) is 4.39 Å². The smallest absolute Gasteiger partial charge is 0.187 e. The highest BCUT2D eigenvalue weighted by atomic mass is 79.9. The summed E-state index contributed by atoms with van der Waals surface area (Å²) in [6.07, 6.45) is 0. The molecule has 0 radical (unpaired) electrons. The van der Waals surface area contributed by atoms with E-state index in [1.165, 1.54) is 12.1 Å². The lowest BCUT2D eigenvalue weighted by Crippen LogP contribution is -2.14. The molecule has 1 aromatic heterocycles. The molecule has 0 unspecified atom stereocenters. The Kier molecular flexibility index (Phi) is 3.61. The van der Waals surface area contributed by atoms with Crippen molar-refractivity contribution in [2.45, 2.75) is 20.4 Å². The summed E-state index contributed by atoms with van der Waals surface area (Å²) < 4.78 is 15.9. The molecule has 5 heteroatoms. The zero-order chi connectivity index (χ0) is 13.3. The Morgan fingerprint density at radius 2 is 2.06 bits per heavy atom. The van der Waals surface area contributed by atoms with Crippen molar-refractivity contribution in [3.8, 4) is 0 Å². The predicted octanol–water partition coefficient (Wildman–Crippen LogP) is 3.28. The number of aryl methyl sites for hydroxylation is 1. The van der Waals surface area contributed by atoms with E-state index in [0.29, 0.717) is 0 Å². The number of halogens is 2. The number of benzene rings is 1. The molecule has 0 saturated carbocycles. The number of hydrogen-bond acceptors (Lipinski definition) is 2. The normalized spacial score (nSPS) is 10.7. The Balaban J connectivity index is 2.27. The van der Waals surface area contributed by atoms with Gasteiger partial charge in [0.2, 0.25) is 0 Å². The first-order valence-corrected chi connectivity index (χ1v) is 6.27. The number of rotatable bonds is 3. The van der Waals surface area contributed by atoms with Crippen molar-refractivity contribution < 1.29 is 9.18 Å². The van der Waals surface area contributed by atoms with Crippen molar-refractivity contribution in [3.63, 3.8) is 0 Å². The third kappa shape index (κ3) is 2.36. The van der Waals surface area contributed by atoms with Crippen LogP contribution >= 0.6 is 15.9 Å². The average molecular weight is 311 g/mol. The Morgan fingerprint density at radius 3 is 2.61 bits per heavy atom. The van der Waals surface area contributed by atoms with Crippen LogP contribution in [0.5, 0.6) is 0 Å². The maximum absolute atomic E-state index is 13.5. The van der Waals surface area contributed by atoms with Crippen LogP contribution in [0.1, 0.15) is 21.7 Å². The highest BCUT2D eigenvalue weighted by molar-refractivity contribution is 9.10. The van der Waals surface area contributed by atoms with Crippen molar-refractivity contribution in [2.75, 3.05) is 0 Å². The van der Waals surface area contributed by atoms with Gasteiger partial charge in [0, 0.05) is 0 Å². The van der Waals surface area contributed by atoms with Gasteiger partial charge in [-0.15, -0.1) is 0 Å². The molecule has 0 bridgehead atoms. The fourth-order valence-corrected chi connectivity index (χ4v) is 2.02. The molecule has 0 aliphatic rings. The van der Waals surface area contributed by atoms with Crippen LogP contribution in [-0.2, 0) is 6.54 Å². The molecule has 94 valence electrons. The number of carbonyl (C=O) groups excluding carboxylic acids is 1. The summed E-state index contributed by atoms with van der Waals surface area (Å²) in [7, 11) is 0. The monoisotopic (exact) mass is 310 g/mol. The van der Waals surface area contributed by atoms with Gasteiger partial charge in [-0.3, -0.25) is 9.48 Å².